The minimum atomic E-state index is -0.345. The van der Waals surface area contributed by atoms with E-state index < -0.39 is 0 Å². The molecule has 0 aliphatic heterocycles. The average molecular weight is 412 g/mol. The Bertz CT molecular complexity index is 816. The Kier molecular flexibility index (Phi) is 6.31. The van der Waals surface area contributed by atoms with Gasteiger partial charge in [-0.25, -0.2) is 4.79 Å². The van der Waals surface area contributed by atoms with Gasteiger partial charge in [0.15, 0.2) is 4.34 Å². The van der Waals surface area contributed by atoms with E-state index in [9.17, 15) is 9.59 Å². The third-order valence-electron chi connectivity index (χ3n) is 4.04. The number of esters is 1. The topological polar surface area (TPSA) is 81.2 Å². The molecular weight excluding hydrogens is 390 g/mol. The van der Waals surface area contributed by atoms with Crippen molar-refractivity contribution < 1.29 is 14.3 Å². The standard InChI is InChI=1S/C17H21N3O3S3/c1-4-23-16(22)13-11-7-5-6-8-12(11)26-15(13)18-14(21)9(2)24-17-20-19-10(3)25-17/h9H,4-8H2,1-3H3,(H,18,21)/t9-/m1/s1. The molecule has 1 amide bonds. The lowest BCUT2D eigenvalue weighted by Gasteiger charge is -2.13. The molecule has 1 aliphatic rings. The van der Waals surface area contributed by atoms with Gasteiger partial charge in [0.1, 0.15) is 10.0 Å². The molecule has 2 aromatic rings. The molecule has 1 N–H and O–H groups in total. The highest BCUT2D eigenvalue weighted by Gasteiger charge is 2.28. The predicted octanol–water partition coefficient (Wildman–Crippen LogP) is 4.08. The monoisotopic (exact) mass is 411 g/mol. The second kappa shape index (κ2) is 8.49. The lowest BCUT2D eigenvalue weighted by atomic mass is 9.95. The van der Waals surface area contributed by atoms with Crippen LogP contribution in [0.1, 0.15) is 52.5 Å². The molecule has 0 fully saturated rings. The number of carbonyl (C=O) groups is 2. The van der Waals surface area contributed by atoms with Gasteiger partial charge in [-0.05, 0) is 52.0 Å². The van der Waals surface area contributed by atoms with Crippen LogP contribution >= 0.6 is 34.4 Å². The number of hydrogen-bond donors (Lipinski definition) is 1. The number of hydrogen-bond acceptors (Lipinski definition) is 8. The van der Waals surface area contributed by atoms with Crippen LogP contribution in [0.4, 0.5) is 5.00 Å². The van der Waals surface area contributed by atoms with Gasteiger partial charge in [-0.2, -0.15) is 0 Å². The first-order valence-electron chi connectivity index (χ1n) is 8.58. The van der Waals surface area contributed by atoms with Crippen molar-refractivity contribution in [1.82, 2.24) is 10.2 Å². The number of aromatic nitrogens is 2. The van der Waals surface area contributed by atoms with Gasteiger partial charge < -0.3 is 10.1 Å². The van der Waals surface area contributed by atoms with Crippen LogP contribution in [0.2, 0.25) is 0 Å². The van der Waals surface area contributed by atoms with Crippen molar-refractivity contribution in [2.75, 3.05) is 11.9 Å². The van der Waals surface area contributed by atoms with E-state index in [2.05, 4.69) is 15.5 Å². The summed E-state index contributed by atoms with van der Waals surface area (Å²) in [7, 11) is 0. The Labute approximate surface area is 164 Å². The number of ether oxygens (including phenoxy) is 1. The SMILES string of the molecule is CCOC(=O)c1c(NC(=O)[C@@H](C)Sc2nnc(C)s2)sc2c1CCCC2. The summed E-state index contributed by atoms with van der Waals surface area (Å²) in [6, 6.07) is 0. The van der Waals surface area contributed by atoms with Crippen LogP contribution < -0.4 is 5.32 Å². The minimum Gasteiger partial charge on any atom is -0.462 e. The van der Waals surface area contributed by atoms with E-state index in [4.69, 9.17) is 4.74 Å². The number of rotatable bonds is 6. The summed E-state index contributed by atoms with van der Waals surface area (Å²) < 4.78 is 5.99. The molecule has 1 atom stereocenters. The molecule has 2 heterocycles. The molecule has 0 saturated carbocycles. The third kappa shape index (κ3) is 4.27. The molecule has 9 heteroatoms. The first-order chi connectivity index (χ1) is 12.5. The highest BCUT2D eigenvalue weighted by molar-refractivity contribution is 8.02. The molecule has 0 unspecified atom stereocenters. The fraction of sp³-hybridized carbons (Fsp3) is 0.529. The van der Waals surface area contributed by atoms with Crippen LogP contribution in [0.15, 0.2) is 4.34 Å². The molecule has 1 aliphatic carbocycles. The van der Waals surface area contributed by atoms with Crippen LogP contribution in [0.25, 0.3) is 0 Å². The molecule has 0 radical (unpaired) electrons. The number of thiophene rings is 1. The quantitative estimate of drug-likeness (QED) is 0.570. The number of anilines is 1. The van der Waals surface area contributed by atoms with Gasteiger partial charge in [-0.3, -0.25) is 4.79 Å². The second-order valence-electron chi connectivity index (χ2n) is 5.97. The fourth-order valence-electron chi connectivity index (χ4n) is 2.82. The summed E-state index contributed by atoms with van der Waals surface area (Å²) in [5, 5.41) is 12.1. The van der Waals surface area contributed by atoms with E-state index in [-0.39, 0.29) is 17.1 Å². The number of nitrogens with one attached hydrogen (secondary N) is 1. The van der Waals surface area contributed by atoms with Gasteiger partial charge in [-0.15, -0.1) is 21.5 Å². The van der Waals surface area contributed by atoms with Gasteiger partial charge in [0.05, 0.1) is 17.4 Å². The fourth-order valence-corrected chi connectivity index (χ4v) is 6.06. The van der Waals surface area contributed by atoms with E-state index in [0.717, 1.165) is 40.6 Å². The van der Waals surface area contributed by atoms with Crippen LogP contribution in [0, 0.1) is 6.92 Å². The van der Waals surface area contributed by atoms with E-state index in [0.29, 0.717) is 17.2 Å². The number of nitrogens with zero attached hydrogens (tertiary/aromatic N) is 2. The minimum absolute atomic E-state index is 0.146. The van der Waals surface area contributed by atoms with Gasteiger partial charge in [0, 0.05) is 4.88 Å². The zero-order valence-corrected chi connectivity index (χ0v) is 17.4. The molecule has 140 valence electrons. The van der Waals surface area contributed by atoms with Crippen LogP contribution in [0.3, 0.4) is 0 Å². The summed E-state index contributed by atoms with van der Waals surface area (Å²) in [4.78, 5) is 26.3. The lowest BCUT2D eigenvalue weighted by molar-refractivity contribution is -0.115. The molecule has 0 aromatic carbocycles. The van der Waals surface area contributed by atoms with E-state index >= 15 is 0 Å². The Morgan fingerprint density at radius 3 is 2.73 bits per heavy atom. The number of amides is 1. The average Bonchev–Trinajstić information content (AvgIpc) is 3.17. The molecule has 3 rings (SSSR count). The molecule has 6 nitrogen and oxygen atoms in total. The second-order valence-corrected chi connectivity index (χ2v) is 9.85. The van der Waals surface area contributed by atoms with Crippen LogP contribution in [-0.2, 0) is 22.4 Å². The van der Waals surface area contributed by atoms with Crippen molar-refractivity contribution in [2.45, 2.75) is 56.0 Å². The summed E-state index contributed by atoms with van der Waals surface area (Å²) in [6.07, 6.45) is 4.00. The zero-order chi connectivity index (χ0) is 18.7. The third-order valence-corrected chi connectivity index (χ3v) is 7.27. The maximum absolute atomic E-state index is 12.6. The van der Waals surface area contributed by atoms with Crippen LogP contribution in [-0.4, -0.2) is 33.9 Å². The van der Waals surface area contributed by atoms with Crippen molar-refractivity contribution in [1.29, 1.82) is 0 Å². The Hall–Kier alpha value is -1.45. The van der Waals surface area contributed by atoms with Crippen molar-refractivity contribution in [3.8, 4) is 0 Å². The van der Waals surface area contributed by atoms with Gasteiger partial charge in [0.25, 0.3) is 0 Å². The normalized spacial score (nSPS) is 14.6. The maximum atomic E-state index is 12.6. The van der Waals surface area contributed by atoms with Gasteiger partial charge >= 0.3 is 5.97 Å². The summed E-state index contributed by atoms with van der Waals surface area (Å²) in [5.41, 5.74) is 1.60. The van der Waals surface area contributed by atoms with E-state index in [1.165, 1.54) is 39.3 Å². The Morgan fingerprint density at radius 2 is 2.04 bits per heavy atom. The van der Waals surface area contributed by atoms with Gasteiger partial charge in [-0.1, -0.05) is 23.1 Å². The highest BCUT2D eigenvalue weighted by Crippen LogP contribution is 2.39. The Morgan fingerprint density at radius 1 is 1.27 bits per heavy atom. The number of carbonyl (C=O) groups excluding carboxylic acids is 2. The van der Waals surface area contributed by atoms with Crippen molar-refractivity contribution in [3.63, 3.8) is 0 Å². The molecule has 26 heavy (non-hydrogen) atoms. The summed E-state index contributed by atoms with van der Waals surface area (Å²) >= 11 is 4.34. The first kappa shape index (κ1) is 19.3. The van der Waals surface area contributed by atoms with E-state index in [1.54, 1.807) is 6.92 Å². The first-order valence-corrected chi connectivity index (χ1v) is 11.1. The van der Waals surface area contributed by atoms with Crippen molar-refractivity contribution in [3.05, 3.63) is 21.0 Å². The zero-order valence-electron chi connectivity index (χ0n) is 15.0. The molecular formula is C17H21N3O3S3. The maximum Gasteiger partial charge on any atom is 0.341 e. The number of aryl methyl sites for hydroxylation is 2. The number of fused-ring (bicyclic) bond motifs is 1. The highest BCUT2D eigenvalue weighted by atomic mass is 32.2. The molecule has 0 spiro atoms. The van der Waals surface area contributed by atoms with E-state index in [1.807, 2.05) is 13.8 Å². The van der Waals surface area contributed by atoms with Crippen molar-refractivity contribution >= 4 is 51.3 Å². The smallest absolute Gasteiger partial charge is 0.341 e. The predicted molar refractivity (Wildman–Crippen MR) is 106 cm³/mol. The molecule has 0 bridgehead atoms. The molecule has 2 aromatic heterocycles. The van der Waals surface area contributed by atoms with Crippen LogP contribution in [0.5, 0.6) is 0 Å². The number of thioether (sulfide) groups is 1. The lowest BCUT2D eigenvalue weighted by Crippen LogP contribution is -2.23. The molecule has 0 saturated heterocycles. The van der Waals surface area contributed by atoms with Crippen molar-refractivity contribution in [2.24, 2.45) is 0 Å². The largest absolute Gasteiger partial charge is 0.462 e. The Balaban J connectivity index is 1.78. The summed E-state index contributed by atoms with van der Waals surface area (Å²) in [5.74, 6) is -0.491. The summed E-state index contributed by atoms with van der Waals surface area (Å²) in [6.45, 7) is 5.82. The van der Waals surface area contributed by atoms with Gasteiger partial charge in [0.2, 0.25) is 5.91 Å².